The fraction of sp³-hybridized carbons (Fsp3) is 0.118. The number of benzene rings is 2. The molecule has 5 heteroatoms. The third kappa shape index (κ3) is 4.53. The van der Waals surface area contributed by atoms with Crippen molar-refractivity contribution in [1.82, 2.24) is 0 Å². The first-order valence-electron chi connectivity index (χ1n) is 6.81. The van der Waals surface area contributed by atoms with Crippen molar-refractivity contribution in [3.8, 4) is 5.75 Å². The number of anilines is 2. The second-order valence-electron chi connectivity index (χ2n) is 4.48. The molecule has 0 aliphatic carbocycles. The van der Waals surface area contributed by atoms with E-state index in [0.717, 1.165) is 5.69 Å². The molecular formula is C17H17ClN2O2. The lowest BCUT2D eigenvalue weighted by atomic mass is 10.3. The van der Waals surface area contributed by atoms with Crippen LogP contribution in [0.25, 0.3) is 0 Å². The zero-order valence-corrected chi connectivity index (χ0v) is 12.8. The first kappa shape index (κ1) is 15.9. The van der Waals surface area contributed by atoms with Crippen LogP contribution >= 0.6 is 11.6 Å². The molecule has 0 saturated heterocycles. The smallest absolute Gasteiger partial charge is 0.243 e. The molecule has 4 nitrogen and oxygen atoms in total. The molecular weight excluding hydrogens is 300 g/mol. The van der Waals surface area contributed by atoms with Gasteiger partial charge in [0.05, 0.1) is 22.9 Å². The highest BCUT2D eigenvalue weighted by Gasteiger charge is 2.07. The van der Waals surface area contributed by atoms with Gasteiger partial charge < -0.3 is 15.4 Å². The van der Waals surface area contributed by atoms with Crippen molar-refractivity contribution in [3.63, 3.8) is 0 Å². The zero-order valence-electron chi connectivity index (χ0n) is 12.0. The Hall–Kier alpha value is -2.46. The van der Waals surface area contributed by atoms with Crippen LogP contribution in [0.2, 0.25) is 5.02 Å². The van der Waals surface area contributed by atoms with E-state index in [4.69, 9.17) is 16.3 Å². The number of carbonyl (C=O) groups is 1. The molecule has 0 aliphatic rings. The first-order valence-corrected chi connectivity index (χ1v) is 7.19. The summed E-state index contributed by atoms with van der Waals surface area (Å²) in [6.45, 7) is 4.13. The topological polar surface area (TPSA) is 50.4 Å². The SMILES string of the molecule is C=CCOc1ccccc1NCC(=O)Nc1ccccc1Cl. The van der Waals surface area contributed by atoms with Crippen molar-refractivity contribution >= 4 is 28.9 Å². The summed E-state index contributed by atoms with van der Waals surface area (Å²) in [6, 6.07) is 14.5. The third-order valence-corrected chi connectivity index (χ3v) is 3.16. The van der Waals surface area contributed by atoms with E-state index < -0.39 is 0 Å². The predicted octanol–water partition coefficient (Wildman–Crippen LogP) is 3.96. The van der Waals surface area contributed by atoms with Gasteiger partial charge in [-0.25, -0.2) is 0 Å². The van der Waals surface area contributed by atoms with Gasteiger partial charge in [0.2, 0.25) is 5.91 Å². The van der Waals surface area contributed by atoms with Gasteiger partial charge >= 0.3 is 0 Å². The Morgan fingerprint density at radius 2 is 1.82 bits per heavy atom. The van der Waals surface area contributed by atoms with Crippen LogP contribution in [0.4, 0.5) is 11.4 Å². The van der Waals surface area contributed by atoms with Gasteiger partial charge in [0.15, 0.2) is 0 Å². The van der Waals surface area contributed by atoms with Crippen LogP contribution < -0.4 is 15.4 Å². The second kappa shape index (κ2) is 8.10. The van der Waals surface area contributed by atoms with Gasteiger partial charge in [0, 0.05) is 0 Å². The molecule has 22 heavy (non-hydrogen) atoms. The fourth-order valence-electron chi connectivity index (χ4n) is 1.82. The maximum atomic E-state index is 12.0. The van der Waals surface area contributed by atoms with Gasteiger partial charge in [-0.2, -0.15) is 0 Å². The number of hydrogen-bond donors (Lipinski definition) is 2. The summed E-state index contributed by atoms with van der Waals surface area (Å²) in [7, 11) is 0. The monoisotopic (exact) mass is 316 g/mol. The minimum atomic E-state index is -0.188. The van der Waals surface area contributed by atoms with Crippen LogP contribution in [-0.2, 0) is 4.79 Å². The molecule has 0 spiro atoms. The van der Waals surface area contributed by atoms with Crippen LogP contribution in [0.5, 0.6) is 5.75 Å². The van der Waals surface area contributed by atoms with Crippen LogP contribution in [0.1, 0.15) is 0 Å². The summed E-state index contributed by atoms with van der Waals surface area (Å²) in [4.78, 5) is 12.0. The Bertz CT molecular complexity index is 659. The molecule has 2 aromatic carbocycles. The van der Waals surface area contributed by atoms with Gasteiger partial charge in [-0.1, -0.05) is 48.5 Å². The molecule has 0 heterocycles. The normalized spacial score (nSPS) is 9.86. The van der Waals surface area contributed by atoms with Crippen molar-refractivity contribution in [1.29, 1.82) is 0 Å². The summed E-state index contributed by atoms with van der Waals surface area (Å²) >= 11 is 6.00. The molecule has 2 N–H and O–H groups in total. The van der Waals surface area contributed by atoms with E-state index in [1.54, 1.807) is 18.2 Å². The Balaban J connectivity index is 1.94. The molecule has 0 saturated carbocycles. The molecule has 1 amide bonds. The van der Waals surface area contributed by atoms with E-state index in [2.05, 4.69) is 17.2 Å². The molecule has 0 atom stereocenters. The van der Waals surface area contributed by atoms with Crippen LogP contribution in [0, 0.1) is 0 Å². The third-order valence-electron chi connectivity index (χ3n) is 2.83. The lowest BCUT2D eigenvalue weighted by Gasteiger charge is -2.12. The minimum Gasteiger partial charge on any atom is -0.487 e. The predicted molar refractivity (Wildman–Crippen MR) is 90.7 cm³/mol. The van der Waals surface area contributed by atoms with Gasteiger partial charge in [-0.05, 0) is 24.3 Å². The van der Waals surface area contributed by atoms with Gasteiger partial charge in [-0.3, -0.25) is 4.79 Å². The van der Waals surface area contributed by atoms with Crippen molar-refractivity contribution < 1.29 is 9.53 Å². The molecule has 114 valence electrons. The van der Waals surface area contributed by atoms with Crippen LogP contribution in [-0.4, -0.2) is 19.1 Å². The van der Waals surface area contributed by atoms with E-state index >= 15 is 0 Å². The molecule has 0 bridgehead atoms. The number of halogens is 1. The highest BCUT2D eigenvalue weighted by Crippen LogP contribution is 2.24. The largest absolute Gasteiger partial charge is 0.487 e. The average Bonchev–Trinajstić information content (AvgIpc) is 2.54. The number of para-hydroxylation sites is 3. The average molecular weight is 317 g/mol. The van der Waals surface area contributed by atoms with Gasteiger partial charge in [-0.15, -0.1) is 0 Å². The van der Waals surface area contributed by atoms with Crippen molar-refractivity contribution in [2.24, 2.45) is 0 Å². The van der Waals surface area contributed by atoms with Crippen LogP contribution in [0.15, 0.2) is 61.2 Å². The zero-order chi connectivity index (χ0) is 15.8. The molecule has 2 aromatic rings. The van der Waals surface area contributed by atoms with E-state index in [9.17, 15) is 4.79 Å². The van der Waals surface area contributed by atoms with E-state index in [0.29, 0.717) is 23.1 Å². The Labute approximate surface area is 134 Å². The van der Waals surface area contributed by atoms with Crippen molar-refractivity contribution in [3.05, 3.63) is 66.2 Å². The summed E-state index contributed by atoms with van der Waals surface area (Å²) in [5, 5.41) is 6.31. The maximum absolute atomic E-state index is 12.0. The first-order chi connectivity index (χ1) is 10.7. The number of hydrogen-bond acceptors (Lipinski definition) is 3. The second-order valence-corrected chi connectivity index (χ2v) is 4.88. The molecule has 2 rings (SSSR count). The summed E-state index contributed by atoms with van der Waals surface area (Å²) < 4.78 is 5.52. The van der Waals surface area contributed by atoms with E-state index in [-0.39, 0.29) is 12.5 Å². The van der Waals surface area contributed by atoms with Gasteiger partial charge in [0.1, 0.15) is 12.4 Å². The maximum Gasteiger partial charge on any atom is 0.243 e. The molecule has 0 radical (unpaired) electrons. The van der Waals surface area contributed by atoms with Crippen molar-refractivity contribution in [2.75, 3.05) is 23.8 Å². The molecule has 0 fully saturated rings. The number of ether oxygens (including phenoxy) is 1. The lowest BCUT2D eigenvalue weighted by molar-refractivity contribution is -0.114. The number of nitrogens with one attached hydrogen (secondary N) is 2. The summed E-state index contributed by atoms with van der Waals surface area (Å²) in [6.07, 6.45) is 1.67. The highest BCUT2D eigenvalue weighted by molar-refractivity contribution is 6.33. The fourth-order valence-corrected chi connectivity index (χ4v) is 2.00. The summed E-state index contributed by atoms with van der Waals surface area (Å²) in [5.41, 5.74) is 1.34. The Kier molecular flexibility index (Phi) is 5.86. The quantitative estimate of drug-likeness (QED) is 0.760. The van der Waals surface area contributed by atoms with Crippen LogP contribution in [0.3, 0.4) is 0 Å². The van der Waals surface area contributed by atoms with E-state index in [1.807, 2.05) is 36.4 Å². The molecule has 0 aromatic heterocycles. The summed E-state index contributed by atoms with van der Waals surface area (Å²) in [5.74, 6) is 0.486. The lowest BCUT2D eigenvalue weighted by Crippen LogP contribution is -2.22. The standard InChI is InChI=1S/C17H17ClN2O2/c1-2-11-22-16-10-6-5-9-15(16)19-12-17(21)20-14-8-4-3-7-13(14)18/h2-10,19H,1,11-12H2,(H,20,21). The van der Waals surface area contributed by atoms with E-state index in [1.165, 1.54) is 0 Å². The van der Waals surface area contributed by atoms with Crippen molar-refractivity contribution in [2.45, 2.75) is 0 Å². The number of carbonyl (C=O) groups excluding carboxylic acids is 1. The van der Waals surface area contributed by atoms with Gasteiger partial charge in [0.25, 0.3) is 0 Å². The molecule has 0 aliphatic heterocycles. The Morgan fingerprint density at radius 1 is 1.14 bits per heavy atom. The Morgan fingerprint density at radius 3 is 2.55 bits per heavy atom. The molecule has 0 unspecified atom stereocenters. The number of rotatable bonds is 7. The number of amides is 1. The minimum absolute atomic E-state index is 0.111. The highest BCUT2D eigenvalue weighted by atomic mass is 35.5.